The number of nitrogens with zero attached hydrogens (tertiary/aromatic N) is 2. The molecule has 0 spiro atoms. The number of nitro groups is 2. The second kappa shape index (κ2) is 13.9. The van der Waals surface area contributed by atoms with E-state index < -0.39 is 31.6 Å². The predicted octanol–water partition coefficient (Wildman–Crippen LogP) is 8.65. The summed E-state index contributed by atoms with van der Waals surface area (Å²) in [6.07, 6.45) is 0. The summed E-state index contributed by atoms with van der Waals surface area (Å²) in [6.45, 7) is 0. The molecule has 5 aromatic carbocycles. The Bertz CT molecular complexity index is 1660. The van der Waals surface area contributed by atoms with E-state index in [0.717, 1.165) is 0 Å². The molecule has 43 heavy (non-hydrogen) atoms. The molecule has 0 aliphatic heterocycles. The van der Waals surface area contributed by atoms with Crippen molar-refractivity contribution >= 4 is 107 Å². The number of non-ortho nitro benzene ring substituents is 2. The van der Waals surface area contributed by atoms with Crippen molar-refractivity contribution in [1.29, 1.82) is 0 Å². The maximum atomic E-state index is 11.2. The number of rotatable bonds is 9. The zero-order valence-electron chi connectivity index (χ0n) is 21.6. The van der Waals surface area contributed by atoms with Crippen LogP contribution in [-0.4, -0.2) is 31.6 Å². The molecule has 0 atom stereocenters. The number of benzene rings is 5. The number of nitro benzene ring substituents is 2. The van der Waals surface area contributed by atoms with E-state index in [0.29, 0.717) is 40.9 Å². The molecule has 0 saturated carbocycles. The van der Waals surface area contributed by atoms with Gasteiger partial charge in [0, 0.05) is 0 Å². The molecule has 8 nitrogen and oxygen atoms in total. The van der Waals surface area contributed by atoms with Crippen molar-refractivity contribution < 1.29 is 19.3 Å². The van der Waals surface area contributed by atoms with Crippen LogP contribution in [0.15, 0.2) is 121 Å². The van der Waals surface area contributed by atoms with Gasteiger partial charge in [-0.3, -0.25) is 0 Å². The summed E-state index contributed by atoms with van der Waals surface area (Å²) in [5.74, 6) is 2.09. The molecule has 5 rings (SSSR count). The Morgan fingerprint density at radius 2 is 0.837 bits per heavy atom. The van der Waals surface area contributed by atoms with Crippen molar-refractivity contribution in [2.45, 2.75) is 0 Å². The first kappa shape index (κ1) is 31.7. The fourth-order valence-corrected chi connectivity index (χ4v) is 15.5. The van der Waals surface area contributed by atoms with Gasteiger partial charge in [-0.25, -0.2) is 0 Å². The standard InChI is InChI=1S/2C12H6Br2NO3.C6H5.Bi/c2*13-10-6-8(15(16)17)7-11(14)12(10)18-9-4-2-1-3-5-9;1-2-4-6-5-3-1;/h2*2-7H;1-5H;. The number of ether oxygens (including phenoxy) is 2. The van der Waals surface area contributed by atoms with E-state index >= 15 is 0 Å². The summed E-state index contributed by atoms with van der Waals surface area (Å²) in [5, 5.41) is 22.3. The van der Waals surface area contributed by atoms with Crippen LogP contribution in [0, 0.1) is 20.2 Å². The van der Waals surface area contributed by atoms with Gasteiger partial charge in [0.2, 0.25) is 0 Å². The third-order valence-corrected chi connectivity index (χ3v) is 17.9. The van der Waals surface area contributed by atoms with Gasteiger partial charge in [-0.05, 0) is 0 Å². The molecule has 0 N–H and O–H groups in total. The maximum absolute atomic E-state index is 11.2. The van der Waals surface area contributed by atoms with Crippen LogP contribution in [0.4, 0.5) is 11.4 Å². The quantitative estimate of drug-likeness (QED) is 0.0833. The summed E-state index contributed by atoms with van der Waals surface area (Å²) in [4.78, 5) is 21.4. The van der Waals surface area contributed by atoms with E-state index in [9.17, 15) is 20.2 Å². The van der Waals surface area contributed by atoms with Gasteiger partial charge in [-0.1, -0.05) is 0 Å². The van der Waals surface area contributed by atoms with Gasteiger partial charge >= 0.3 is 290 Å². The van der Waals surface area contributed by atoms with Crippen molar-refractivity contribution in [3.8, 4) is 23.0 Å². The second-order valence-corrected chi connectivity index (χ2v) is 20.9. The van der Waals surface area contributed by atoms with Crippen LogP contribution in [0.25, 0.3) is 0 Å². The molecule has 5 aromatic rings. The molecule has 0 fully saturated rings. The van der Waals surface area contributed by atoms with E-state index in [-0.39, 0.29) is 11.4 Å². The first-order valence-corrected chi connectivity index (χ1v) is 20.7. The van der Waals surface area contributed by atoms with Crippen molar-refractivity contribution in [1.82, 2.24) is 0 Å². The van der Waals surface area contributed by atoms with Gasteiger partial charge in [0.1, 0.15) is 0 Å². The number of halogens is 4. The van der Waals surface area contributed by atoms with Gasteiger partial charge in [-0.2, -0.15) is 0 Å². The molecule has 0 heterocycles. The summed E-state index contributed by atoms with van der Waals surface area (Å²) < 4.78 is 17.8. The van der Waals surface area contributed by atoms with Crippen molar-refractivity contribution in [3.63, 3.8) is 0 Å². The molecule has 0 radical (unpaired) electrons. The van der Waals surface area contributed by atoms with E-state index in [1.54, 1.807) is 0 Å². The Kier molecular flexibility index (Phi) is 10.3. The molecule has 0 aromatic heterocycles. The molecule has 0 unspecified atom stereocenters. The molecule has 0 aliphatic rings. The van der Waals surface area contributed by atoms with Crippen LogP contribution >= 0.6 is 63.7 Å². The fourth-order valence-electron chi connectivity index (χ4n) is 4.09. The monoisotopic (exact) mass is 1030 g/mol. The Labute approximate surface area is 287 Å². The third kappa shape index (κ3) is 7.52. The third-order valence-electron chi connectivity index (χ3n) is 6.03. The number of hydrogen-bond acceptors (Lipinski definition) is 6. The Morgan fingerprint density at radius 1 is 0.512 bits per heavy atom. The first-order chi connectivity index (χ1) is 20.6. The van der Waals surface area contributed by atoms with Crippen LogP contribution in [0.3, 0.4) is 0 Å². The second-order valence-electron chi connectivity index (χ2n) is 8.85. The molecular weight excluding hydrogens is 1010 g/mol. The van der Waals surface area contributed by atoms with Crippen LogP contribution in [0.2, 0.25) is 0 Å². The van der Waals surface area contributed by atoms with E-state index in [4.69, 9.17) is 9.47 Å². The molecule has 13 heteroatoms. The zero-order valence-corrected chi connectivity index (χ0v) is 31.4. The molecule has 0 saturated heterocycles. The van der Waals surface area contributed by atoms with Crippen molar-refractivity contribution in [2.24, 2.45) is 0 Å². The van der Waals surface area contributed by atoms with Crippen LogP contribution < -0.4 is 19.3 Å². The number of hydrogen-bond donors (Lipinski definition) is 0. The molecule has 0 bridgehead atoms. The molecule has 0 aliphatic carbocycles. The van der Waals surface area contributed by atoms with Crippen LogP contribution in [0.5, 0.6) is 23.0 Å². The van der Waals surface area contributed by atoms with Gasteiger partial charge in [-0.15, -0.1) is 0 Å². The predicted molar refractivity (Wildman–Crippen MR) is 181 cm³/mol. The van der Waals surface area contributed by atoms with E-state index in [1.807, 2.05) is 42.5 Å². The average Bonchev–Trinajstić information content (AvgIpc) is 2.98. The first-order valence-electron chi connectivity index (χ1n) is 12.3. The van der Waals surface area contributed by atoms with E-state index in [2.05, 4.69) is 100 Å². The summed E-state index contributed by atoms with van der Waals surface area (Å²) >= 11 is 10.8. The fraction of sp³-hybridized carbons (Fsp3) is 0. The SMILES string of the molecule is O=[N+]([O-])c1cc(Br)c(Oc2cc[c]([Bi]([c]3ccccc3)[c]3ccc(Oc4c(Br)cc([N+](=O)[O-])cc4Br)cc3)cc2)c(Br)c1. The summed E-state index contributed by atoms with van der Waals surface area (Å²) in [6, 6.07) is 31.9. The Hall–Kier alpha value is -2.70. The van der Waals surface area contributed by atoms with Gasteiger partial charge in [0.25, 0.3) is 0 Å². The summed E-state index contributed by atoms with van der Waals surface area (Å²) in [7, 11) is 0. The van der Waals surface area contributed by atoms with Crippen LogP contribution in [-0.2, 0) is 0 Å². The summed E-state index contributed by atoms with van der Waals surface area (Å²) in [5.41, 5.74) is -0.101. The topological polar surface area (TPSA) is 105 Å². The molecular formula is C30H17BiBr4N2O6. The normalized spacial score (nSPS) is 10.9. The van der Waals surface area contributed by atoms with Crippen LogP contribution in [0.1, 0.15) is 0 Å². The Balaban J connectivity index is 1.42. The van der Waals surface area contributed by atoms with Gasteiger partial charge in [0.15, 0.2) is 0 Å². The van der Waals surface area contributed by atoms with Crippen molar-refractivity contribution in [3.05, 3.63) is 141 Å². The molecule has 216 valence electrons. The van der Waals surface area contributed by atoms with E-state index in [1.165, 1.54) is 34.1 Å². The zero-order chi connectivity index (χ0) is 30.7. The van der Waals surface area contributed by atoms with Gasteiger partial charge in [0.05, 0.1) is 0 Å². The molecule has 0 amide bonds. The average molecular weight is 1030 g/mol. The minimum atomic E-state index is -2.73. The Morgan fingerprint density at radius 3 is 1.16 bits per heavy atom. The minimum absolute atomic E-state index is 0.0506. The van der Waals surface area contributed by atoms with Gasteiger partial charge < -0.3 is 0 Å². The van der Waals surface area contributed by atoms with Crippen molar-refractivity contribution in [2.75, 3.05) is 0 Å².